The van der Waals surface area contributed by atoms with Crippen molar-refractivity contribution in [2.45, 2.75) is 0 Å². The molecule has 0 atom stereocenters. The molecular weight excluding hydrogens is 254 g/mol. The lowest BCUT2D eigenvalue weighted by molar-refractivity contribution is 0.0573. The molecule has 92 valence electrons. The van der Waals surface area contributed by atoms with Crippen LogP contribution < -0.4 is 0 Å². The van der Waals surface area contributed by atoms with Crippen molar-refractivity contribution >= 4 is 22.8 Å². The van der Waals surface area contributed by atoms with Crippen molar-refractivity contribution < 1.29 is 32.7 Å². The van der Waals surface area contributed by atoms with E-state index in [-0.39, 0.29) is 0 Å². The SMILES string of the molecule is O=C(O)OC(=O)ON=S(=O)=O.c1ccccc1. The Labute approximate surface area is 97.1 Å². The Hall–Kier alpha value is -2.42. The molecule has 0 bridgehead atoms. The van der Waals surface area contributed by atoms with Gasteiger partial charge in [0.2, 0.25) is 0 Å². The van der Waals surface area contributed by atoms with E-state index < -0.39 is 22.8 Å². The summed E-state index contributed by atoms with van der Waals surface area (Å²) in [6.07, 6.45) is -3.65. The van der Waals surface area contributed by atoms with Gasteiger partial charge in [-0.3, -0.25) is 4.84 Å². The molecule has 0 amide bonds. The molecule has 9 heteroatoms. The second kappa shape index (κ2) is 8.85. The molecule has 0 aliphatic carbocycles. The molecule has 1 aromatic carbocycles. The number of hydrogen-bond acceptors (Lipinski definition) is 7. The molecule has 0 aliphatic heterocycles. The van der Waals surface area contributed by atoms with Gasteiger partial charge in [0.25, 0.3) is 0 Å². The molecule has 1 N–H and O–H groups in total. The quantitative estimate of drug-likeness (QED) is 0.461. The molecule has 0 aliphatic rings. The Morgan fingerprint density at radius 1 is 1.00 bits per heavy atom. The monoisotopic (exact) mass is 261 g/mol. The largest absolute Gasteiger partial charge is 0.546 e. The molecule has 0 saturated carbocycles. The van der Waals surface area contributed by atoms with Gasteiger partial charge >= 0.3 is 22.8 Å². The lowest BCUT2D eigenvalue weighted by Gasteiger charge is -1.89. The maximum atomic E-state index is 9.97. The van der Waals surface area contributed by atoms with Gasteiger partial charge in [0.05, 0.1) is 4.53 Å². The molecular formula is C8H7NO7S. The Bertz CT molecular complexity index is 447. The highest BCUT2D eigenvalue weighted by Crippen LogP contribution is 1.85. The Morgan fingerprint density at radius 3 is 1.71 bits per heavy atom. The normalized spacial score (nSPS) is 8.00. The predicted octanol–water partition coefficient (Wildman–Crippen LogP) is 1.48. The van der Waals surface area contributed by atoms with Crippen LogP contribution in [0.4, 0.5) is 9.59 Å². The van der Waals surface area contributed by atoms with E-state index in [1.807, 2.05) is 36.4 Å². The van der Waals surface area contributed by atoms with Crippen LogP contribution in [-0.4, -0.2) is 25.8 Å². The Balaban J connectivity index is 0.000000354. The highest BCUT2D eigenvalue weighted by atomic mass is 32.2. The number of benzene rings is 1. The minimum atomic E-state index is -2.94. The maximum absolute atomic E-state index is 9.97. The second-order valence-corrected chi connectivity index (χ2v) is 2.74. The summed E-state index contributed by atoms with van der Waals surface area (Å²) in [5, 5.41) is 7.73. The molecule has 0 spiro atoms. The standard InChI is InChI=1S/C6H6.C2HNO7S/c1-2-4-6-5-3-1;4-1(5)9-2(6)10-3-11(7)8/h1-6H;(H,4,5). The molecule has 8 nitrogen and oxygen atoms in total. The van der Waals surface area contributed by atoms with Crippen molar-refractivity contribution in [2.75, 3.05) is 0 Å². The minimum Gasteiger partial charge on any atom is -0.449 e. The number of rotatable bonds is 1. The van der Waals surface area contributed by atoms with Crippen LogP contribution in [0.2, 0.25) is 0 Å². The van der Waals surface area contributed by atoms with E-state index >= 15 is 0 Å². The summed E-state index contributed by atoms with van der Waals surface area (Å²) in [7, 11) is -2.94. The van der Waals surface area contributed by atoms with Crippen LogP contribution in [0.1, 0.15) is 0 Å². The van der Waals surface area contributed by atoms with Gasteiger partial charge in [0.1, 0.15) is 0 Å². The zero-order valence-corrected chi connectivity index (χ0v) is 9.03. The topological polar surface area (TPSA) is 119 Å². The number of nitrogens with zero attached hydrogens (tertiary/aromatic N) is 1. The zero-order valence-electron chi connectivity index (χ0n) is 8.22. The molecule has 0 radical (unpaired) electrons. The molecule has 17 heavy (non-hydrogen) atoms. The highest BCUT2D eigenvalue weighted by Gasteiger charge is 2.08. The smallest absolute Gasteiger partial charge is 0.449 e. The van der Waals surface area contributed by atoms with Gasteiger partial charge in [-0.15, -0.1) is 0 Å². The summed E-state index contributed by atoms with van der Waals surface area (Å²) in [5.74, 6) is 0. The fourth-order valence-corrected chi connectivity index (χ4v) is 0.657. The number of carbonyl (C=O) groups is 2. The van der Waals surface area contributed by atoms with Crippen molar-refractivity contribution in [3.05, 3.63) is 36.4 Å². The van der Waals surface area contributed by atoms with Gasteiger partial charge in [-0.25, -0.2) is 9.59 Å². The first-order valence-electron chi connectivity index (χ1n) is 3.94. The predicted molar refractivity (Wildman–Crippen MR) is 53.4 cm³/mol. The van der Waals surface area contributed by atoms with E-state index in [9.17, 15) is 18.0 Å². The molecule has 1 aromatic rings. The Kier molecular flexibility index (Phi) is 7.59. The first-order valence-corrected chi connectivity index (χ1v) is 4.97. The second-order valence-electron chi connectivity index (χ2n) is 2.16. The summed E-state index contributed by atoms with van der Waals surface area (Å²) in [4.78, 5) is 22.9. The third-order valence-electron chi connectivity index (χ3n) is 1.01. The van der Waals surface area contributed by atoms with Crippen molar-refractivity contribution in [3.63, 3.8) is 0 Å². The Morgan fingerprint density at radius 2 is 1.41 bits per heavy atom. The molecule has 0 fully saturated rings. The van der Waals surface area contributed by atoms with Gasteiger partial charge in [-0.1, -0.05) is 36.4 Å². The van der Waals surface area contributed by atoms with Crippen LogP contribution in [0.15, 0.2) is 40.9 Å². The summed E-state index contributed by atoms with van der Waals surface area (Å²) in [6.45, 7) is 0. The van der Waals surface area contributed by atoms with Crippen LogP contribution in [0.5, 0.6) is 0 Å². The summed E-state index contributed by atoms with van der Waals surface area (Å²) >= 11 is 0. The van der Waals surface area contributed by atoms with E-state index in [4.69, 9.17) is 5.11 Å². The van der Waals surface area contributed by atoms with E-state index in [0.29, 0.717) is 0 Å². The van der Waals surface area contributed by atoms with E-state index in [2.05, 4.69) is 14.1 Å². The third-order valence-corrected chi connectivity index (χ3v) is 1.21. The van der Waals surface area contributed by atoms with Gasteiger partial charge in [0, 0.05) is 0 Å². The van der Waals surface area contributed by atoms with E-state index in [0.717, 1.165) is 0 Å². The van der Waals surface area contributed by atoms with E-state index in [1.165, 1.54) is 0 Å². The fourth-order valence-electron chi connectivity index (χ4n) is 0.536. The molecule has 1 rings (SSSR count). The molecule has 0 saturated heterocycles. The first kappa shape index (κ1) is 14.6. The van der Waals surface area contributed by atoms with Crippen LogP contribution >= 0.6 is 0 Å². The number of carbonyl (C=O) groups excluding carboxylic acids is 1. The van der Waals surface area contributed by atoms with E-state index in [1.54, 1.807) is 0 Å². The van der Waals surface area contributed by atoms with Crippen molar-refractivity contribution in [1.82, 2.24) is 0 Å². The third kappa shape index (κ3) is 11.5. The van der Waals surface area contributed by atoms with Crippen LogP contribution in [-0.2, 0) is 20.1 Å². The van der Waals surface area contributed by atoms with Gasteiger partial charge in [0.15, 0.2) is 0 Å². The highest BCUT2D eigenvalue weighted by molar-refractivity contribution is 7.61. The van der Waals surface area contributed by atoms with Crippen LogP contribution in [0, 0.1) is 0 Å². The fraction of sp³-hybridized carbons (Fsp3) is 0. The minimum absolute atomic E-state index is 1.73. The first-order chi connectivity index (χ1) is 8.02. The van der Waals surface area contributed by atoms with Crippen molar-refractivity contribution in [2.24, 2.45) is 4.53 Å². The zero-order chi connectivity index (χ0) is 13.1. The average molecular weight is 261 g/mol. The maximum Gasteiger partial charge on any atom is 0.546 e. The summed E-state index contributed by atoms with van der Waals surface area (Å²) in [6, 6.07) is 12.0. The number of ether oxygens (including phenoxy) is 1. The lowest BCUT2D eigenvalue weighted by atomic mass is 10.4. The van der Waals surface area contributed by atoms with Crippen molar-refractivity contribution in [1.29, 1.82) is 0 Å². The molecule has 0 heterocycles. The average Bonchev–Trinajstić information content (AvgIpc) is 2.29. The van der Waals surface area contributed by atoms with Crippen molar-refractivity contribution in [3.8, 4) is 0 Å². The molecule has 0 aromatic heterocycles. The van der Waals surface area contributed by atoms with Gasteiger partial charge in [-0.05, 0) is 0 Å². The van der Waals surface area contributed by atoms with Gasteiger partial charge in [-0.2, -0.15) is 8.42 Å². The van der Waals surface area contributed by atoms with Crippen LogP contribution in [0.3, 0.4) is 0 Å². The summed E-state index contributed by atoms with van der Waals surface area (Å²) in [5.41, 5.74) is 0. The number of carboxylic acid groups (broad SMARTS) is 1. The summed E-state index contributed by atoms with van der Waals surface area (Å²) < 4.78 is 24.5. The lowest BCUT2D eigenvalue weighted by Crippen LogP contribution is -2.08. The molecule has 0 unspecified atom stereocenters. The number of hydrogen-bond donors (Lipinski definition) is 1. The van der Waals surface area contributed by atoms with Gasteiger partial charge < -0.3 is 9.84 Å². The van der Waals surface area contributed by atoms with Crippen LogP contribution in [0.25, 0.3) is 0 Å².